The Kier molecular flexibility index (Phi) is 4.36. The fourth-order valence-corrected chi connectivity index (χ4v) is 2.01. The van der Waals surface area contributed by atoms with Crippen molar-refractivity contribution in [2.45, 2.75) is 20.0 Å². The molecule has 0 saturated carbocycles. The summed E-state index contributed by atoms with van der Waals surface area (Å²) in [7, 11) is 0. The smallest absolute Gasteiger partial charge is 0.205 e. The summed E-state index contributed by atoms with van der Waals surface area (Å²) in [5.74, 6) is 0.912. The zero-order valence-corrected chi connectivity index (χ0v) is 10.7. The molecule has 18 heavy (non-hydrogen) atoms. The summed E-state index contributed by atoms with van der Waals surface area (Å²) in [6, 6.07) is 10.2. The molecule has 0 unspecified atom stereocenters. The molecule has 1 N–H and O–H groups in total. The Bertz CT molecular complexity index is 467. The van der Waals surface area contributed by atoms with E-state index in [9.17, 15) is 5.11 Å². The molecule has 0 aliphatic rings. The molecule has 0 radical (unpaired) electrons. The van der Waals surface area contributed by atoms with Crippen LogP contribution in [0, 0.1) is 0 Å². The predicted molar refractivity (Wildman–Crippen MR) is 72.5 cm³/mol. The fraction of sp³-hybridized carbons (Fsp3) is 0.357. The molecule has 0 aliphatic carbocycles. The number of aliphatic hydroxyl groups excluding tert-OH is 1. The Labute approximate surface area is 108 Å². The van der Waals surface area contributed by atoms with E-state index in [-0.39, 0.29) is 6.61 Å². The van der Waals surface area contributed by atoms with Gasteiger partial charge in [-0.25, -0.2) is 4.98 Å². The van der Waals surface area contributed by atoms with Gasteiger partial charge in [0.25, 0.3) is 0 Å². The molecule has 1 aromatic carbocycles. The number of rotatable bonds is 6. The summed E-state index contributed by atoms with van der Waals surface area (Å²) in [6.45, 7) is 4.45. The van der Waals surface area contributed by atoms with Crippen LogP contribution in [0.4, 0.5) is 5.95 Å². The molecular weight excluding hydrogens is 226 g/mol. The fourth-order valence-electron chi connectivity index (χ4n) is 2.01. The highest BCUT2D eigenvalue weighted by atomic mass is 16.3. The molecule has 0 saturated heterocycles. The van der Waals surface area contributed by atoms with Gasteiger partial charge in [0.15, 0.2) is 0 Å². The minimum atomic E-state index is 0.128. The first-order valence-electron chi connectivity index (χ1n) is 6.26. The lowest BCUT2D eigenvalue weighted by Gasteiger charge is -2.23. The predicted octanol–water partition coefficient (Wildman–Crippen LogP) is 1.90. The third-order valence-corrected chi connectivity index (χ3v) is 2.90. The zero-order chi connectivity index (χ0) is 12.8. The van der Waals surface area contributed by atoms with Crippen molar-refractivity contribution < 1.29 is 5.11 Å². The monoisotopic (exact) mass is 245 g/mol. The normalized spacial score (nSPS) is 10.6. The lowest BCUT2D eigenvalue weighted by atomic mass is 10.2. The van der Waals surface area contributed by atoms with Crippen LogP contribution >= 0.6 is 0 Å². The largest absolute Gasteiger partial charge is 0.395 e. The van der Waals surface area contributed by atoms with Crippen LogP contribution in [0.1, 0.15) is 12.5 Å². The average molecular weight is 245 g/mol. The van der Waals surface area contributed by atoms with Crippen molar-refractivity contribution in [2.75, 3.05) is 18.1 Å². The van der Waals surface area contributed by atoms with Crippen molar-refractivity contribution >= 4 is 5.95 Å². The second kappa shape index (κ2) is 6.21. The lowest BCUT2D eigenvalue weighted by Crippen LogP contribution is -2.28. The van der Waals surface area contributed by atoms with Crippen LogP contribution < -0.4 is 4.90 Å². The van der Waals surface area contributed by atoms with E-state index in [1.54, 1.807) is 6.20 Å². The minimum absolute atomic E-state index is 0.128. The molecule has 0 amide bonds. The first kappa shape index (κ1) is 12.6. The third kappa shape index (κ3) is 2.90. The Hall–Kier alpha value is -1.81. The van der Waals surface area contributed by atoms with E-state index in [1.165, 1.54) is 5.56 Å². The van der Waals surface area contributed by atoms with Gasteiger partial charge in [0.1, 0.15) is 0 Å². The first-order valence-corrected chi connectivity index (χ1v) is 6.26. The Balaban J connectivity index is 2.18. The number of anilines is 1. The van der Waals surface area contributed by atoms with E-state index in [1.807, 2.05) is 24.4 Å². The molecule has 0 spiro atoms. The quantitative estimate of drug-likeness (QED) is 0.845. The number of benzene rings is 1. The molecule has 2 aromatic rings. The highest BCUT2D eigenvalue weighted by Crippen LogP contribution is 2.14. The summed E-state index contributed by atoms with van der Waals surface area (Å²) >= 11 is 0. The van der Waals surface area contributed by atoms with Gasteiger partial charge in [0.05, 0.1) is 6.61 Å². The Morgan fingerprint density at radius 2 is 2.06 bits per heavy atom. The summed E-state index contributed by atoms with van der Waals surface area (Å²) in [6.07, 6.45) is 3.76. The number of nitrogens with zero attached hydrogens (tertiary/aromatic N) is 3. The van der Waals surface area contributed by atoms with Crippen molar-refractivity contribution in [2.24, 2.45) is 0 Å². The van der Waals surface area contributed by atoms with Crippen LogP contribution in [-0.4, -0.2) is 27.8 Å². The molecule has 0 bridgehead atoms. The minimum Gasteiger partial charge on any atom is -0.395 e. The molecule has 4 heteroatoms. The van der Waals surface area contributed by atoms with Crippen LogP contribution in [0.2, 0.25) is 0 Å². The molecule has 0 fully saturated rings. The average Bonchev–Trinajstić information content (AvgIpc) is 2.87. The van der Waals surface area contributed by atoms with Crippen molar-refractivity contribution in [3.05, 3.63) is 48.3 Å². The summed E-state index contributed by atoms with van der Waals surface area (Å²) in [4.78, 5) is 6.48. The highest BCUT2D eigenvalue weighted by molar-refractivity contribution is 5.33. The van der Waals surface area contributed by atoms with Gasteiger partial charge in [-0.3, -0.25) is 0 Å². The van der Waals surface area contributed by atoms with Crippen LogP contribution in [0.3, 0.4) is 0 Å². The van der Waals surface area contributed by atoms with Crippen LogP contribution in [0.25, 0.3) is 0 Å². The second-order valence-electron chi connectivity index (χ2n) is 4.14. The number of aryl methyl sites for hydroxylation is 1. The number of aliphatic hydroxyl groups is 1. The third-order valence-electron chi connectivity index (χ3n) is 2.90. The van der Waals surface area contributed by atoms with Crippen molar-refractivity contribution in [3.8, 4) is 0 Å². The summed E-state index contributed by atoms with van der Waals surface area (Å²) in [5, 5.41) is 9.20. The van der Waals surface area contributed by atoms with Gasteiger partial charge in [-0.15, -0.1) is 0 Å². The van der Waals surface area contributed by atoms with Crippen LogP contribution in [-0.2, 0) is 13.1 Å². The number of hydrogen-bond acceptors (Lipinski definition) is 3. The zero-order valence-electron chi connectivity index (χ0n) is 10.7. The Morgan fingerprint density at radius 1 is 1.28 bits per heavy atom. The van der Waals surface area contributed by atoms with Gasteiger partial charge in [-0.05, 0) is 12.5 Å². The van der Waals surface area contributed by atoms with Crippen LogP contribution in [0.5, 0.6) is 0 Å². The van der Waals surface area contributed by atoms with Gasteiger partial charge >= 0.3 is 0 Å². The maximum Gasteiger partial charge on any atom is 0.205 e. The first-order chi connectivity index (χ1) is 8.85. The molecule has 1 aromatic heterocycles. The van der Waals surface area contributed by atoms with E-state index >= 15 is 0 Å². The summed E-state index contributed by atoms with van der Waals surface area (Å²) in [5.41, 5.74) is 1.22. The summed E-state index contributed by atoms with van der Waals surface area (Å²) < 4.78 is 2.08. The standard InChI is InChI=1S/C14H19N3O/c1-2-16-9-8-15-14(16)17(10-11-18)12-13-6-4-3-5-7-13/h3-9,18H,2,10-12H2,1H3. The van der Waals surface area contributed by atoms with Gasteiger partial charge < -0.3 is 14.6 Å². The van der Waals surface area contributed by atoms with Gasteiger partial charge in [0.2, 0.25) is 5.95 Å². The van der Waals surface area contributed by atoms with Crippen LogP contribution in [0.15, 0.2) is 42.7 Å². The molecule has 0 atom stereocenters. The van der Waals surface area contributed by atoms with Crippen molar-refractivity contribution in [3.63, 3.8) is 0 Å². The van der Waals surface area contributed by atoms with Crippen molar-refractivity contribution in [1.29, 1.82) is 0 Å². The lowest BCUT2D eigenvalue weighted by molar-refractivity contribution is 0.300. The highest BCUT2D eigenvalue weighted by Gasteiger charge is 2.11. The molecule has 96 valence electrons. The maximum absolute atomic E-state index is 9.20. The van der Waals surface area contributed by atoms with E-state index in [4.69, 9.17) is 0 Å². The topological polar surface area (TPSA) is 41.3 Å². The second-order valence-corrected chi connectivity index (χ2v) is 4.14. The molecule has 2 rings (SSSR count). The van der Waals surface area contributed by atoms with E-state index in [0.29, 0.717) is 6.54 Å². The molecule has 4 nitrogen and oxygen atoms in total. The van der Waals surface area contributed by atoms with E-state index < -0.39 is 0 Å². The maximum atomic E-state index is 9.20. The van der Waals surface area contributed by atoms with Crippen molar-refractivity contribution in [1.82, 2.24) is 9.55 Å². The Morgan fingerprint density at radius 3 is 2.72 bits per heavy atom. The molecular formula is C14H19N3O. The number of imidazole rings is 1. The van der Waals surface area contributed by atoms with E-state index in [2.05, 4.69) is 33.5 Å². The number of hydrogen-bond donors (Lipinski definition) is 1. The van der Waals surface area contributed by atoms with E-state index in [0.717, 1.165) is 19.0 Å². The van der Waals surface area contributed by atoms with Gasteiger partial charge in [-0.2, -0.15) is 0 Å². The van der Waals surface area contributed by atoms with Gasteiger partial charge in [-0.1, -0.05) is 30.3 Å². The SMILES string of the molecule is CCn1ccnc1N(CCO)Cc1ccccc1. The molecule has 1 heterocycles. The van der Waals surface area contributed by atoms with Gasteiger partial charge in [0, 0.05) is 32.0 Å². The number of aromatic nitrogens is 2. The molecule has 0 aliphatic heterocycles.